The molecule has 0 saturated carbocycles. The summed E-state index contributed by atoms with van der Waals surface area (Å²) in [7, 11) is 1.56. The fraction of sp³-hybridized carbons (Fsp3) is 0.412. The van der Waals surface area contributed by atoms with E-state index in [2.05, 4.69) is 25.4 Å². The lowest BCUT2D eigenvalue weighted by Gasteiger charge is -2.32. The Kier molecular flexibility index (Phi) is 5.20. The topological polar surface area (TPSA) is 80.2 Å². The van der Waals surface area contributed by atoms with E-state index in [9.17, 15) is 4.79 Å². The molecule has 1 unspecified atom stereocenters. The second-order valence-corrected chi connectivity index (χ2v) is 5.79. The van der Waals surface area contributed by atoms with E-state index in [1.807, 2.05) is 18.2 Å². The summed E-state index contributed by atoms with van der Waals surface area (Å²) in [5.74, 6) is 1.31. The smallest absolute Gasteiger partial charge is 0.233 e. The number of hydrogen-bond acceptors (Lipinski definition) is 6. The van der Waals surface area contributed by atoms with Crippen LogP contribution in [0.3, 0.4) is 0 Å². The predicted molar refractivity (Wildman–Crippen MR) is 89.6 cm³/mol. The van der Waals surface area contributed by atoms with Crippen molar-refractivity contribution in [3.63, 3.8) is 0 Å². The van der Waals surface area contributed by atoms with E-state index in [4.69, 9.17) is 4.74 Å². The highest BCUT2D eigenvalue weighted by molar-refractivity contribution is 5.79. The molecule has 1 N–H and O–H groups in total. The van der Waals surface area contributed by atoms with Gasteiger partial charge in [0.15, 0.2) is 5.82 Å². The molecule has 1 aliphatic heterocycles. The number of carbonyl (C=O) groups excluding carboxylic acids is 1. The molecule has 1 aliphatic rings. The normalized spacial score (nSPS) is 17.4. The van der Waals surface area contributed by atoms with E-state index < -0.39 is 0 Å². The van der Waals surface area contributed by atoms with Crippen LogP contribution in [0.4, 0.5) is 5.82 Å². The summed E-state index contributed by atoms with van der Waals surface area (Å²) in [6.07, 6.45) is 5.31. The van der Waals surface area contributed by atoms with Crippen molar-refractivity contribution in [1.82, 2.24) is 20.5 Å². The Morgan fingerprint density at radius 2 is 2.12 bits per heavy atom. The van der Waals surface area contributed by atoms with Crippen molar-refractivity contribution in [1.29, 1.82) is 0 Å². The molecule has 1 fully saturated rings. The zero-order valence-corrected chi connectivity index (χ0v) is 13.7. The molecular formula is C17H21N5O2. The molecule has 0 aromatic carbocycles. The molecule has 126 valence electrons. The van der Waals surface area contributed by atoms with Crippen LogP contribution in [0.2, 0.25) is 0 Å². The third-order valence-electron chi connectivity index (χ3n) is 4.17. The molecule has 3 rings (SSSR count). The van der Waals surface area contributed by atoms with Gasteiger partial charge >= 0.3 is 0 Å². The van der Waals surface area contributed by atoms with Crippen LogP contribution in [0.1, 0.15) is 18.4 Å². The largest absolute Gasteiger partial charge is 0.480 e. The highest BCUT2D eigenvalue weighted by Crippen LogP contribution is 2.22. The van der Waals surface area contributed by atoms with Gasteiger partial charge in [0.05, 0.1) is 13.0 Å². The van der Waals surface area contributed by atoms with E-state index in [-0.39, 0.29) is 11.8 Å². The maximum Gasteiger partial charge on any atom is 0.233 e. The number of aromatic nitrogens is 3. The van der Waals surface area contributed by atoms with E-state index in [1.54, 1.807) is 25.6 Å². The Morgan fingerprint density at radius 3 is 2.83 bits per heavy atom. The molecule has 7 nitrogen and oxygen atoms in total. The molecule has 0 bridgehead atoms. The molecule has 2 aromatic heterocycles. The maximum atomic E-state index is 12.4. The van der Waals surface area contributed by atoms with Crippen molar-refractivity contribution in [2.75, 3.05) is 25.1 Å². The number of methoxy groups -OCH3 is 1. The zero-order chi connectivity index (χ0) is 16.8. The summed E-state index contributed by atoms with van der Waals surface area (Å²) in [5, 5.41) is 11.2. The Morgan fingerprint density at radius 1 is 1.29 bits per heavy atom. The summed E-state index contributed by atoms with van der Waals surface area (Å²) in [5.41, 5.74) is 1.05. The lowest BCUT2D eigenvalue weighted by atomic mass is 9.97. The molecule has 24 heavy (non-hydrogen) atoms. The third-order valence-corrected chi connectivity index (χ3v) is 4.17. The first-order valence-electron chi connectivity index (χ1n) is 8.05. The fourth-order valence-corrected chi connectivity index (χ4v) is 2.82. The van der Waals surface area contributed by atoms with Crippen LogP contribution in [0.15, 0.2) is 36.7 Å². The van der Waals surface area contributed by atoms with Gasteiger partial charge < -0.3 is 15.0 Å². The monoisotopic (exact) mass is 327 g/mol. The molecule has 0 radical (unpaired) electrons. The van der Waals surface area contributed by atoms with Crippen LogP contribution < -0.4 is 15.0 Å². The quantitative estimate of drug-likeness (QED) is 0.894. The molecule has 2 aromatic rings. The standard InChI is InChI=1S/C17H21N5O2/c1-24-16-5-4-15(20-21-16)22-10-2-3-14(12-22)17(23)19-11-13-6-8-18-9-7-13/h4-9,14H,2-3,10-12H2,1H3,(H,19,23). The number of piperidine rings is 1. The summed E-state index contributed by atoms with van der Waals surface area (Å²) in [6.45, 7) is 2.07. The molecule has 1 amide bonds. The SMILES string of the molecule is COc1ccc(N2CCCC(C(=O)NCc3ccncc3)C2)nn1. The second-order valence-electron chi connectivity index (χ2n) is 5.79. The Bertz CT molecular complexity index is 662. The first-order valence-corrected chi connectivity index (χ1v) is 8.05. The van der Waals surface area contributed by atoms with Gasteiger partial charge in [0.25, 0.3) is 0 Å². The van der Waals surface area contributed by atoms with E-state index in [0.717, 1.165) is 30.8 Å². The number of rotatable bonds is 5. The summed E-state index contributed by atoms with van der Waals surface area (Å²) in [6, 6.07) is 7.47. The summed E-state index contributed by atoms with van der Waals surface area (Å²) < 4.78 is 5.03. The van der Waals surface area contributed by atoms with Crippen molar-refractivity contribution in [2.24, 2.45) is 5.92 Å². The highest BCUT2D eigenvalue weighted by Gasteiger charge is 2.26. The van der Waals surface area contributed by atoms with Crippen LogP contribution in [-0.2, 0) is 11.3 Å². The minimum absolute atomic E-state index is 0.0375. The molecule has 0 spiro atoms. The summed E-state index contributed by atoms with van der Waals surface area (Å²) >= 11 is 0. The Balaban J connectivity index is 1.57. The van der Waals surface area contributed by atoms with Gasteiger partial charge in [0, 0.05) is 38.1 Å². The molecule has 0 aliphatic carbocycles. The van der Waals surface area contributed by atoms with Gasteiger partial charge in [0.1, 0.15) is 0 Å². The number of nitrogens with zero attached hydrogens (tertiary/aromatic N) is 4. The van der Waals surface area contributed by atoms with Crippen LogP contribution in [0.5, 0.6) is 5.88 Å². The van der Waals surface area contributed by atoms with Crippen molar-refractivity contribution >= 4 is 11.7 Å². The molecule has 7 heteroatoms. The number of hydrogen-bond donors (Lipinski definition) is 1. The van der Waals surface area contributed by atoms with Gasteiger partial charge in [-0.05, 0) is 36.6 Å². The van der Waals surface area contributed by atoms with Gasteiger partial charge in [-0.2, -0.15) is 0 Å². The minimum Gasteiger partial charge on any atom is -0.480 e. The van der Waals surface area contributed by atoms with E-state index in [0.29, 0.717) is 19.0 Å². The second kappa shape index (κ2) is 7.72. The van der Waals surface area contributed by atoms with Crippen LogP contribution in [-0.4, -0.2) is 41.3 Å². The van der Waals surface area contributed by atoms with Gasteiger partial charge in [-0.15, -0.1) is 10.2 Å². The Hall–Kier alpha value is -2.70. The van der Waals surface area contributed by atoms with Crippen LogP contribution in [0, 0.1) is 5.92 Å². The number of nitrogens with one attached hydrogen (secondary N) is 1. The van der Waals surface area contributed by atoms with Crippen molar-refractivity contribution in [2.45, 2.75) is 19.4 Å². The highest BCUT2D eigenvalue weighted by atomic mass is 16.5. The molecule has 1 atom stereocenters. The van der Waals surface area contributed by atoms with Gasteiger partial charge in [-0.3, -0.25) is 9.78 Å². The molecular weight excluding hydrogens is 306 g/mol. The number of ether oxygens (including phenoxy) is 1. The lowest BCUT2D eigenvalue weighted by molar-refractivity contribution is -0.125. The molecule has 3 heterocycles. The van der Waals surface area contributed by atoms with Gasteiger partial charge in [-0.1, -0.05) is 0 Å². The zero-order valence-electron chi connectivity index (χ0n) is 13.7. The maximum absolute atomic E-state index is 12.4. The minimum atomic E-state index is -0.0375. The number of pyridine rings is 1. The van der Waals surface area contributed by atoms with Crippen molar-refractivity contribution in [3.8, 4) is 5.88 Å². The first-order chi connectivity index (χ1) is 11.8. The predicted octanol–water partition coefficient (Wildman–Crippen LogP) is 1.41. The van der Waals surface area contributed by atoms with Gasteiger partial charge in [0.2, 0.25) is 11.8 Å². The average Bonchev–Trinajstić information content (AvgIpc) is 2.67. The number of amides is 1. The third kappa shape index (κ3) is 3.98. The van der Waals surface area contributed by atoms with Crippen LogP contribution >= 0.6 is 0 Å². The average molecular weight is 327 g/mol. The van der Waals surface area contributed by atoms with Crippen LogP contribution in [0.25, 0.3) is 0 Å². The fourth-order valence-electron chi connectivity index (χ4n) is 2.82. The van der Waals surface area contributed by atoms with Crippen molar-refractivity contribution < 1.29 is 9.53 Å². The molecule has 1 saturated heterocycles. The number of anilines is 1. The van der Waals surface area contributed by atoms with E-state index in [1.165, 1.54) is 0 Å². The van der Waals surface area contributed by atoms with Crippen molar-refractivity contribution in [3.05, 3.63) is 42.2 Å². The van der Waals surface area contributed by atoms with E-state index >= 15 is 0 Å². The summed E-state index contributed by atoms with van der Waals surface area (Å²) in [4.78, 5) is 18.5. The van der Waals surface area contributed by atoms with Gasteiger partial charge in [-0.25, -0.2) is 0 Å². The number of carbonyl (C=O) groups is 1. The lowest BCUT2D eigenvalue weighted by Crippen LogP contribution is -2.43. The Labute approximate surface area is 141 Å². The first kappa shape index (κ1) is 16.2.